The second kappa shape index (κ2) is 10.6. The maximum Gasteiger partial charge on any atom is 0.328 e. The van der Waals surface area contributed by atoms with Crippen LogP contribution in [0.4, 0.5) is 5.69 Å². The third-order valence-electron chi connectivity index (χ3n) is 5.26. The molecular formula is C23H29N3O4. The third-order valence-corrected chi connectivity index (χ3v) is 5.26. The molecular weight excluding hydrogens is 382 g/mol. The van der Waals surface area contributed by atoms with Crippen molar-refractivity contribution in [3.8, 4) is 5.75 Å². The molecule has 1 amide bonds. The predicted octanol–water partition coefficient (Wildman–Crippen LogP) is 1.72. The van der Waals surface area contributed by atoms with E-state index in [9.17, 15) is 9.59 Å². The fraction of sp³-hybridized carbons (Fsp3) is 0.391. The summed E-state index contributed by atoms with van der Waals surface area (Å²) in [6, 6.07) is 16.9. The summed E-state index contributed by atoms with van der Waals surface area (Å²) in [5.74, 6) is 0.229. The normalized spacial score (nSPS) is 15.3. The van der Waals surface area contributed by atoms with Gasteiger partial charge in [-0.15, -0.1) is 0 Å². The van der Waals surface area contributed by atoms with E-state index in [0.717, 1.165) is 43.2 Å². The molecule has 1 aliphatic heterocycles. The van der Waals surface area contributed by atoms with Crippen molar-refractivity contribution in [1.82, 2.24) is 10.2 Å². The first-order chi connectivity index (χ1) is 14.6. The maximum absolute atomic E-state index is 12.6. The van der Waals surface area contributed by atoms with Crippen LogP contribution in [0.3, 0.4) is 0 Å². The minimum absolute atomic E-state index is 0.170. The highest BCUT2D eigenvalue weighted by Crippen LogP contribution is 2.22. The lowest BCUT2D eigenvalue weighted by atomic mass is 10.1. The van der Waals surface area contributed by atoms with E-state index in [0.29, 0.717) is 6.42 Å². The summed E-state index contributed by atoms with van der Waals surface area (Å²) in [6.45, 7) is 3.45. The van der Waals surface area contributed by atoms with Crippen molar-refractivity contribution in [3.05, 3.63) is 60.2 Å². The summed E-state index contributed by atoms with van der Waals surface area (Å²) >= 11 is 0. The summed E-state index contributed by atoms with van der Waals surface area (Å²) in [7, 11) is 3.00. The fourth-order valence-electron chi connectivity index (χ4n) is 3.60. The minimum atomic E-state index is -0.692. The highest BCUT2D eigenvalue weighted by atomic mass is 16.5. The Hall–Kier alpha value is -3.06. The van der Waals surface area contributed by atoms with Crippen molar-refractivity contribution >= 4 is 17.6 Å². The van der Waals surface area contributed by atoms with Crippen LogP contribution in [0.5, 0.6) is 5.75 Å². The van der Waals surface area contributed by atoms with Gasteiger partial charge in [0.1, 0.15) is 11.8 Å². The molecule has 1 N–H and O–H groups in total. The fourth-order valence-corrected chi connectivity index (χ4v) is 3.60. The Labute approximate surface area is 177 Å². The lowest BCUT2D eigenvalue weighted by molar-refractivity contribution is -0.145. The van der Waals surface area contributed by atoms with Gasteiger partial charge in [-0.1, -0.05) is 36.4 Å². The van der Waals surface area contributed by atoms with Crippen molar-refractivity contribution in [2.75, 3.05) is 51.8 Å². The van der Waals surface area contributed by atoms with Crippen LogP contribution >= 0.6 is 0 Å². The van der Waals surface area contributed by atoms with Gasteiger partial charge >= 0.3 is 5.97 Å². The third kappa shape index (κ3) is 5.97. The van der Waals surface area contributed by atoms with E-state index in [1.165, 1.54) is 7.11 Å². The van der Waals surface area contributed by atoms with E-state index < -0.39 is 12.0 Å². The van der Waals surface area contributed by atoms with Crippen molar-refractivity contribution in [2.45, 2.75) is 12.5 Å². The molecule has 1 aliphatic rings. The van der Waals surface area contributed by atoms with Gasteiger partial charge in [-0.2, -0.15) is 0 Å². The van der Waals surface area contributed by atoms with E-state index >= 15 is 0 Å². The number of benzene rings is 2. The Kier molecular flexibility index (Phi) is 7.68. The molecule has 160 valence electrons. The number of anilines is 1. The maximum atomic E-state index is 12.6. The molecule has 0 aliphatic carbocycles. The van der Waals surface area contributed by atoms with Gasteiger partial charge in [-0.25, -0.2) is 4.79 Å². The largest absolute Gasteiger partial charge is 0.497 e. The molecule has 7 nitrogen and oxygen atoms in total. The highest BCUT2D eigenvalue weighted by Gasteiger charge is 2.24. The van der Waals surface area contributed by atoms with Gasteiger partial charge in [0.2, 0.25) is 5.91 Å². The van der Waals surface area contributed by atoms with Gasteiger partial charge in [0.15, 0.2) is 0 Å². The number of rotatable bonds is 8. The molecule has 0 saturated carbocycles. The molecule has 2 aromatic carbocycles. The molecule has 7 heteroatoms. The van der Waals surface area contributed by atoms with E-state index in [1.807, 2.05) is 48.5 Å². The number of ether oxygens (including phenoxy) is 2. The number of methoxy groups -OCH3 is 2. The first-order valence-electron chi connectivity index (χ1n) is 10.1. The highest BCUT2D eigenvalue weighted by molar-refractivity contribution is 5.85. The molecule has 0 spiro atoms. The topological polar surface area (TPSA) is 71.1 Å². The Morgan fingerprint density at radius 2 is 1.73 bits per heavy atom. The number of amides is 1. The van der Waals surface area contributed by atoms with Crippen molar-refractivity contribution in [2.24, 2.45) is 0 Å². The quantitative estimate of drug-likeness (QED) is 0.667. The lowest BCUT2D eigenvalue weighted by Crippen LogP contribution is -2.52. The van der Waals surface area contributed by atoms with Gasteiger partial charge < -0.3 is 19.7 Å². The Balaban J connectivity index is 1.51. The first kappa shape index (κ1) is 21.6. The summed E-state index contributed by atoms with van der Waals surface area (Å²) in [4.78, 5) is 29.1. The molecule has 1 atom stereocenters. The second-order valence-electron chi connectivity index (χ2n) is 7.30. The van der Waals surface area contributed by atoms with Crippen LogP contribution in [0.15, 0.2) is 54.6 Å². The molecule has 0 bridgehead atoms. The van der Waals surface area contributed by atoms with Crippen LogP contribution < -0.4 is 15.0 Å². The minimum Gasteiger partial charge on any atom is -0.497 e. The average Bonchev–Trinajstić information content (AvgIpc) is 2.79. The standard InChI is InChI=1S/C23H29N3O4/c1-29-20-10-6-9-19(16-20)26-13-11-25(12-14-26)17-22(27)24-21(23(28)30-2)15-18-7-4-3-5-8-18/h3-10,16,21H,11-15,17H2,1-2H3,(H,24,27)/t21-/m1/s1. The van der Waals surface area contributed by atoms with E-state index in [-0.39, 0.29) is 12.5 Å². The summed E-state index contributed by atoms with van der Waals surface area (Å²) in [5, 5.41) is 2.84. The van der Waals surface area contributed by atoms with Gasteiger partial charge in [0.25, 0.3) is 0 Å². The van der Waals surface area contributed by atoms with Crippen LogP contribution in [0.25, 0.3) is 0 Å². The van der Waals surface area contributed by atoms with Crippen molar-refractivity contribution in [1.29, 1.82) is 0 Å². The van der Waals surface area contributed by atoms with Gasteiger partial charge in [0.05, 0.1) is 20.8 Å². The number of carbonyl (C=O) groups is 2. The van der Waals surface area contributed by atoms with Gasteiger partial charge in [0, 0.05) is 44.4 Å². The number of esters is 1. The number of carbonyl (C=O) groups excluding carboxylic acids is 2. The van der Waals surface area contributed by atoms with Crippen LogP contribution in [-0.4, -0.2) is 69.8 Å². The number of nitrogens with one attached hydrogen (secondary N) is 1. The van der Waals surface area contributed by atoms with Crippen molar-refractivity contribution in [3.63, 3.8) is 0 Å². The Morgan fingerprint density at radius 1 is 1.00 bits per heavy atom. The van der Waals surface area contributed by atoms with Crippen molar-refractivity contribution < 1.29 is 19.1 Å². The molecule has 1 fully saturated rings. The summed E-state index contributed by atoms with van der Waals surface area (Å²) in [5.41, 5.74) is 2.09. The molecule has 2 aromatic rings. The first-order valence-corrected chi connectivity index (χ1v) is 10.1. The Bertz CT molecular complexity index is 835. The molecule has 30 heavy (non-hydrogen) atoms. The SMILES string of the molecule is COC(=O)[C@@H](Cc1ccccc1)NC(=O)CN1CCN(c2cccc(OC)c2)CC1. The summed E-state index contributed by atoms with van der Waals surface area (Å²) in [6.07, 6.45) is 0.406. The number of piperazine rings is 1. The summed E-state index contributed by atoms with van der Waals surface area (Å²) < 4.78 is 10.2. The smallest absolute Gasteiger partial charge is 0.328 e. The molecule has 1 heterocycles. The number of hydrogen-bond donors (Lipinski definition) is 1. The monoisotopic (exact) mass is 411 g/mol. The zero-order chi connectivity index (χ0) is 21.3. The van der Waals surface area contributed by atoms with Crippen LogP contribution in [-0.2, 0) is 20.7 Å². The van der Waals surface area contributed by atoms with Crippen LogP contribution in [0.1, 0.15) is 5.56 Å². The molecule has 3 rings (SSSR count). The zero-order valence-corrected chi connectivity index (χ0v) is 17.5. The number of nitrogens with zero attached hydrogens (tertiary/aromatic N) is 2. The van der Waals surface area contributed by atoms with Gasteiger partial charge in [-0.05, 0) is 17.7 Å². The molecule has 0 aromatic heterocycles. The average molecular weight is 412 g/mol. The van der Waals surface area contributed by atoms with E-state index in [1.54, 1.807) is 7.11 Å². The Morgan fingerprint density at radius 3 is 2.40 bits per heavy atom. The molecule has 0 radical (unpaired) electrons. The number of hydrogen-bond acceptors (Lipinski definition) is 6. The van der Waals surface area contributed by atoms with Crippen LogP contribution in [0.2, 0.25) is 0 Å². The van der Waals surface area contributed by atoms with E-state index in [2.05, 4.69) is 21.2 Å². The molecule has 0 unspecified atom stereocenters. The van der Waals surface area contributed by atoms with Gasteiger partial charge in [-0.3, -0.25) is 9.69 Å². The lowest BCUT2D eigenvalue weighted by Gasteiger charge is -2.36. The van der Waals surface area contributed by atoms with E-state index in [4.69, 9.17) is 9.47 Å². The zero-order valence-electron chi connectivity index (χ0n) is 17.5. The predicted molar refractivity (Wildman–Crippen MR) is 116 cm³/mol. The molecule has 1 saturated heterocycles. The second-order valence-corrected chi connectivity index (χ2v) is 7.30. The van der Waals surface area contributed by atoms with Crippen LogP contribution in [0, 0.1) is 0 Å².